The van der Waals surface area contributed by atoms with Crippen molar-refractivity contribution in [2.24, 2.45) is 0 Å². The van der Waals surface area contributed by atoms with Crippen LogP contribution < -0.4 is 69.3 Å². The molecule has 1 atom stereocenters. The zero-order valence-corrected chi connectivity index (χ0v) is 21.8. The van der Waals surface area contributed by atoms with Gasteiger partial charge in [-0.2, -0.15) is 8.42 Å². The summed E-state index contributed by atoms with van der Waals surface area (Å²) < 4.78 is 29.8. The number of carbonyl (C=O) groups is 2. The maximum absolute atomic E-state index is 11.7. The quantitative estimate of drug-likeness (QED) is 0.282. The molecule has 30 heavy (non-hydrogen) atoms. The van der Waals surface area contributed by atoms with E-state index in [1.165, 1.54) is 0 Å². The second-order valence-corrected chi connectivity index (χ2v) is 8.30. The Morgan fingerprint density at radius 2 is 1.33 bits per heavy atom. The van der Waals surface area contributed by atoms with E-state index in [-0.39, 0.29) is 71.5 Å². The molecule has 0 spiro atoms. The van der Waals surface area contributed by atoms with E-state index in [0.29, 0.717) is 6.42 Å². The van der Waals surface area contributed by atoms with Crippen molar-refractivity contribution in [1.29, 1.82) is 0 Å². The van der Waals surface area contributed by atoms with Gasteiger partial charge in [0.05, 0.1) is 5.97 Å². The molecular weight excluding hydrogens is 430 g/mol. The normalized spacial score (nSPS) is 12.9. The molecule has 2 aromatic rings. The van der Waals surface area contributed by atoms with E-state index in [4.69, 9.17) is 0 Å². The van der Waals surface area contributed by atoms with Crippen LogP contribution in [0.1, 0.15) is 42.7 Å². The number of benzene rings is 2. The summed E-state index contributed by atoms with van der Waals surface area (Å²) in [5.41, 5.74) is 1.89. The van der Waals surface area contributed by atoms with Gasteiger partial charge in [-0.3, -0.25) is 4.55 Å². The fraction of sp³-hybridized carbons (Fsp3) is 0.300. The first-order chi connectivity index (χ1) is 13.2. The third kappa shape index (κ3) is 7.46. The maximum atomic E-state index is 11.7. The molecule has 0 saturated carbocycles. The van der Waals surface area contributed by atoms with Crippen LogP contribution in [0.4, 0.5) is 0 Å². The number of aliphatic carboxylic acids is 2. The van der Waals surface area contributed by atoms with Gasteiger partial charge in [0, 0.05) is 18.3 Å². The molecule has 10 heteroatoms. The minimum Gasteiger partial charge on any atom is -0.550 e. The Hall–Kier alpha value is -0.710. The van der Waals surface area contributed by atoms with E-state index in [9.17, 15) is 32.8 Å². The topological polar surface area (TPSA) is 135 Å². The molecule has 0 aromatic heterocycles. The van der Waals surface area contributed by atoms with Crippen molar-refractivity contribution in [3.8, 4) is 0 Å². The summed E-state index contributed by atoms with van der Waals surface area (Å²) >= 11 is 0. The SMILES string of the molecule is O=C([O-])CC(CCCC(c1ccccc1)c1ccccc1)(C(=O)[O-])S(=O)(=O)O.[Na+].[Na+]. The van der Waals surface area contributed by atoms with Crippen LogP contribution in [-0.4, -0.2) is 29.7 Å². The molecule has 0 radical (unpaired) electrons. The predicted molar refractivity (Wildman–Crippen MR) is 97.5 cm³/mol. The Morgan fingerprint density at radius 3 is 1.67 bits per heavy atom. The number of carboxylic acid groups (broad SMARTS) is 2. The zero-order chi connectivity index (χ0) is 20.8. The Balaban J connectivity index is 0.00000420. The Morgan fingerprint density at radius 1 is 0.900 bits per heavy atom. The summed E-state index contributed by atoms with van der Waals surface area (Å²) in [6, 6.07) is 18.7. The molecule has 0 fully saturated rings. The first-order valence-electron chi connectivity index (χ1n) is 8.65. The molecule has 0 heterocycles. The fourth-order valence-electron chi connectivity index (χ4n) is 3.31. The van der Waals surface area contributed by atoms with E-state index in [1.807, 2.05) is 60.7 Å². The van der Waals surface area contributed by atoms with Gasteiger partial charge >= 0.3 is 59.1 Å². The molecule has 0 amide bonds. The van der Waals surface area contributed by atoms with Gasteiger partial charge in [0.25, 0.3) is 10.1 Å². The van der Waals surface area contributed by atoms with E-state index in [0.717, 1.165) is 11.1 Å². The first-order valence-corrected chi connectivity index (χ1v) is 10.1. The fourth-order valence-corrected chi connectivity index (χ4v) is 4.22. The molecule has 0 aliphatic rings. The summed E-state index contributed by atoms with van der Waals surface area (Å²) in [5.74, 6) is -4.22. The summed E-state index contributed by atoms with van der Waals surface area (Å²) in [5, 5.41) is 22.4. The predicted octanol–water partition coefficient (Wildman–Crippen LogP) is -5.49. The van der Waals surface area contributed by atoms with Crippen molar-refractivity contribution in [2.45, 2.75) is 36.3 Å². The van der Waals surface area contributed by atoms with Crippen LogP contribution in [-0.2, 0) is 19.7 Å². The van der Waals surface area contributed by atoms with Crippen molar-refractivity contribution >= 4 is 22.1 Å². The van der Waals surface area contributed by atoms with Crippen LogP contribution in [0.2, 0.25) is 0 Å². The van der Waals surface area contributed by atoms with Crippen LogP contribution in [0.15, 0.2) is 60.7 Å². The number of hydrogen-bond donors (Lipinski definition) is 1. The van der Waals surface area contributed by atoms with Crippen molar-refractivity contribution in [3.63, 3.8) is 0 Å². The first kappa shape index (κ1) is 29.3. The van der Waals surface area contributed by atoms with Crippen LogP contribution in [0.5, 0.6) is 0 Å². The molecule has 0 saturated heterocycles. The Labute approximate surface area is 220 Å². The second-order valence-electron chi connectivity index (χ2n) is 6.57. The smallest absolute Gasteiger partial charge is 0.550 e. The third-order valence-electron chi connectivity index (χ3n) is 4.77. The average Bonchev–Trinajstić information content (AvgIpc) is 2.64. The minimum atomic E-state index is -5.23. The maximum Gasteiger partial charge on any atom is 1.00 e. The van der Waals surface area contributed by atoms with E-state index in [1.54, 1.807) is 0 Å². The van der Waals surface area contributed by atoms with Gasteiger partial charge in [0.1, 0.15) is 4.75 Å². The van der Waals surface area contributed by atoms with Gasteiger partial charge in [-0.1, -0.05) is 67.1 Å². The largest absolute Gasteiger partial charge is 1.00 e. The van der Waals surface area contributed by atoms with Gasteiger partial charge in [-0.05, 0) is 24.0 Å². The van der Waals surface area contributed by atoms with Gasteiger partial charge in [0.2, 0.25) is 0 Å². The zero-order valence-electron chi connectivity index (χ0n) is 17.0. The molecule has 2 aromatic carbocycles. The van der Waals surface area contributed by atoms with Crippen molar-refractivity contribution in [2.75, 3.05) is 0 Å². The van der Waals surface area contributed by atoms with E-state index >= 15 is 0 Å². The van der Waals surface area contributed by atoms with Crippen LogP contribution in [0.25, 0.3) is 0 Å². The summed E-state index contributed by atoms with van der Waals surface area (Å²) in [4.78, 5) is 22.4. The van der Waals surface area contributed by atoms with Crippen LogP contribution >= 0.6 is 0 Å². The monoisotopic (exact) mass is 450 g/mol. The molecule has 0 bridgehead atoms. The van der Waals surface area contributed by atoms with Crippen LogP contribution in [0, 0.1) is 0 Å². The molecule has 7 nitrogen and oxygen atoms in total. The average molecular weight is 450 g/mol. The van der Waals surface area contributed by atoms with Crippen LogP contribution in [0.3, 0.4) is 0 Å². The minimum absolute atomic E-state index is 0. The Bertz CT molecular complexity index is 881. The summed E-state index contributed by atoms with van der Waals surface area (Å²) in [7, 11) is -5.23. The molecule has 1 unspecified atom stereocenters. The standard InChI is InChI=1S/C20H22O7S.2Na/c21-18(22)14-20(19(23)24,28(25,26)27)13-7-12-17(15-8-3-1-4-9-15)16-10-5-2-6-11-16;;/h1-6,8-11,17H,7,12-14H2,(H,21,22)(H,23,24)(H,25,26,27);;/q;2*+1/p-2. The molecule has 2 rings (SSSR count). The number of carbonyl (C=O) groups excluding carboxylic acids is 2. The number of rotatable bonds is 10. The Kier molecular flexibility index (Phi) is 12.7. The molecule has 150 valence electrons. The van der Waals surface area contributed by atoms with Crippen molar-refractivity contribution < 1.29 is 91.9 Å². The molecule has 0 aliphatic heterocycles. The second kappa shape index (κ2) is 13.0. The van der Waals surface area contributed by atoms with Gasteiger partial charge in [-0.15, -0.1) is 0 Å². The van der Waals surface area contributed by atoms with Crippen molar-refractivity contribution in [3.05, 3.63) is 71.8 Å². The summed E-state index contributed by atoms with van der Waals surface area (Å²) in [6.45, 7) is 0. The van der Waals surface area contributed by atoms with Gasteiger partial charge in [0.15, 0.2) is 0 Å². The van der Waals surface area contributed by atoms with E-state index in [2.05, 4.69) is 0 Å². The van der Waals surface area contributed by atoms with Gasteiger partial charge in [-0.25, -0.2) is 0 Å². The van der Waals surface area contributed by atoms with Gasteiger partial charge < -0.3 is 19.8 Å². The molecule has 0 aliphatic carbocycles. The van der Waals surface area contributed by atoms with Crippen molar-refractivity contribution in [1.82, 2.24) is 0 Å². The molecular formula is C20H20Na2O7S. The van der Waals surface area contributed by atoms with E-state index < -0.39 is 39.6 Å². The molecule has 1 N–H and O–H groups in total. The number of hydrogen-bond acceptors (Lipinski definition) is 6. The number of carboxylic acids is 2. The third-order valence-corrected chi connectivity index (χ3v) is 6.28. The summed E-state index contributed by atoms with van der Waals surface area (Å²) in [6.07, 6.45) is -1.63.